The van der Waals surface area contributed by atoms with Crippen molar-refractivity contribution in [2.45, 2.75) is 33.1 Å². The summed E-state index contributed by atoms with van der Waals surface area (Å²) in [6.45, 7) is 6.08. The van der Waals surface area contributed by atoms with Gasteiger partial charge in [-0.2, -0.15) is 0 Å². The molecule has 0 atom stereocenters. The first-order valence-corrected chi connectivity index (χ1v) is 5.89. The van der Waals surface area contributed by atoms with Gasteiger partial charge in [0, 0.05) is 5.56 Å². The van der Waals surface area contributed by atoms with Crippen LogP contribution in [0.15, 0.2) is 27.4 Å². The van der Waals surface area contributed by atoms with Crippen LogP contribution in [0, 0.1) is 0 Å². The Morgan fingerprint density at radius 1 is 1.29 bits per heavy atom. The third-order valence-electron chi connectivity index (χ3n) is 3.03. The Morgan fingerprint density at radius 2 is 2.00 bits per heavy atom. The normalized spacial score (nSPS) is 11.3. The number of hydrogen-bond donors (Lipinski definition) is 1. The maximum Gasteiger partial charge on any atom is 0.194 e. The minimum Gasteiger partial charge on any atom is -0.441 e. The highest BCUT2D eigenvalue weighted by molar-refractivity contribution is 5.64. The molecule has 0 aromatic rings. The molecular formula is C14H17NO2. The van der Waals surface area contributed by atoms with Gasteiger partial charge in [-0.15, -0.1) is 0 Å². The Hall–Kier alpha value is -1.77. The van der Waals surface area contributed by atoms with Crippen molar-refractivity contribution < 1.29 is 4.42 Å². The number of nitrogen functional groups attached to an aromatic ring is 1. The lowest BCUT2D eigenvalue weighted by molar-refractivity contribution is 0.577. The molecule has 1 aliphatic carbocycles. The van der Waals surface area contributed by atoms with E-state index in [0.29, 0.717) is 23.1 Å². The number of anilines is 1. The Bertz CT molecular complexity index is 569. The quantitative estimate of drug-likeness (QED) is 0.864. The molecule has 2 aliphatic rings. The van der Waals surface area contributed by atoms with E-state index in [2.05, 4.69) is 0 Å². The Morgan fingerprint density at radius 3 is 2.59 bits per heavy atom. The summed E-state index contributed by atoms with van der Waals surface area (Å²) in [5.41, 5.74) is 8.28. The van der Waals surface area contributed by atoms with Crippen LogP contribution in [0.25, 0.3) is 11.3 Å². The highest BCUT2D eigenvalue weighted by Gasteiger charge is 2.14. The lowest BCUT2D eigenvalue weighted by Crippen LogP contribution is -2.09. The summed E-state index contributed by atoms with van der Waals surface area (Å²) < 4.78 is 5.53. The van der Waals surface area contributed by atoms with Gasteiger partial charge < -0.3 is 10.2 Å². The van der Waals surface area contributed by atoms with Crippen molar-refractivity contribution in [3.8, 4) is 11.3 Å². The summed E-state index contributed by atoms with van der Waals surface area (Å²) in [7, 11) is 0. The molecule has 0 radical (unpaired) electrons. The van der Waals surface area contributed by atoms with E-state index in [-0.39, 0.29) is 5.43 Å². The zero-order valence-corrected chi connectivity index (χ0v) is 10.4. The molecule has 0 saturated carbocycles. The number of fused-ring (bicyclic) bond motifs is 1. The molecule has 0 bridgehead atoms. The molecule has 1 aliphatic heterocycles. The van der Waals surface area contributed by atoms with Crippen LogP contribution in [-0.2, 0) is 6.42 Å². The molecule has 0 unspecified atom stereocenters. The van der Waals surface area contributed by atoms with Crippen molar-refractivity contribution in [1.82, 2.24) is 0 Å². The molecule has 17 heavy (non-hydrogen) atoms. The standard InChI is InChI=1S/C14H17NO2/c1-4-9-5-11-12(16)6-10(8(2)3)7-13(11)17-14(9)15/h5-8H,4,15H2,1-3H3. The SMILES string of the molecule is CCc1cc2c(=O)cc(C(C)C)cc-2oc1N. The molecule has 2 N–H and O–H groups in total. The van der Waals surface area contributed by atoms with Gasteiger partial charge in [0.2, 0.25) is 0 Å². The summed E-state index contributed by atoms with van der Waals surface area (Å²) >= 11 is 0. The Balaban J connectivity index is 2.74. The van der Waals surface area contributed by atoms with Crippen molar-refractivity contribution in [3.63, 3.8) is 0 Å². The van der Waals surface area contributed by atoms with E-state index in [4.69, 9.17) is 10.2 Å². The van der Waals surface area contributed by atoms with Crippen LogP contribution < -0.4 is 11.2 Å². The molecular weight excluding hydrogens is 214 g/mol. The van der Waals surface area contributed by atoms with Gasteiger partial charge in [-0.3, -0.25) is 4.79 Å². The first kappa shape index (κ1) is 11.7. The molecule has 3 nitrogen and oxygen atoms in total. The maximum absolute atomic E-state index is 12.0. The van der Waals surface area contributed by atoms with Crippen molar-refractivity contribution in [2.75, 3.05) is 5.73 Å². The predicted molar refractivity (Wildman–Crippen MR) is 69.5 cm³/mol. The van der Waals surface area contributed by atoms with Crippen LogP contribution in [-0.4, -0.2) is 0 Å². The first-order chi connectivity index (χ1) is 8.02. The maximum atomic E-state index is 12.0. The topological polar surface area (TPSA) is 56.2 Å². The first-order valence-electron chi connectivity index (χ1n) is 5.89. The van der Waals surface area contributed by atoms with E-state index >= 15 is 0 Å². The second-order valence-corrected chi connectivity index (χ2v) is 4.57. The average molecular weight is 231 g/mol. The van der Waals surface area contributed by atoms with Gasteiger partial charge in [-0.05, 0) is 36.1 Å². The zero-order chi connectivity index (χ0) is 12.6. The average Bonchev–Trinajstić information content (AvgIpc) is 2.27. The summed E-state index contributed by atoms with van der Waals surface area (Å²) in [5, 5.41) is 0. The van der Waals surface area contributed by atoms with Crippen molar-refractivity contribution in [3.05, 3.63) is 39.5 Å². The molecule has 1 heterocycles. The van der Waals surface area contributed by atoms with E-state index in [0.717, 1.165) is 17.5 Å². The molecule has 0 saturated heterocycles. The molecule has 0 aromatic heterocycles. The summed E-state index contributed by atoms with van der Waals surface area (Å²) in [4.78, 5) is 12.0. The molecule has 0 spiro atoms. The van der Waals surface area contributed by atoms with Gasteiger partial charge >= 0.3 is 0 Å². The number of hydrogen-bond acceptors (Lipinski definition) is 3. The Kier molecular flexibility index (Phi) is 2.92. The second-order valence-electron chi connectivity index (χ2n) is 4.57. The van der Waals surface area contributed by atoms with Crippen LogP contribution in [0.2, 0.25) is 0 Å². The van der Waals surface area contributed by atoms with E-state index in [1.807, 2.05) is 32.9 Å². The third kappa shape index (κ3) is 2.05. The minimum absolute atomic E-state index is 0.00431. The lowest BCUT2D eigenvalue weighted by Gasteiger charge is -2.12. The van der Waals surface area contributed by atoms with Crippen LogP contribution in [0.3, 0.4) is 0 Å². The smallest absolute Gasteiger partial charge is 0.194 e. The molecule has 90 valence electrons. The van der Waals surface area contributed by atoms with E-state index in [9.17, 15) is 4.79 Å². The summed E-state index contributed by atoms with van der Waals surface area (Å²) in [6, 6.07) is 5.41. The zero-order valence-electron chi connectivity index (χ0n) is 10.4. The fraction of sp³-hybridized carbons (Fsp3) is 0.357. The molecule has 0 aromatic carbocycles. The van der Waals surface area contributed by atoms with Gasteiger partial charge in [0.1, 0.15) is 5.76 Å². The largest absolute Gasteiger partial charge is 0.441 e. The van der Waals surface area contributed by atoms with E-state index in [1.54, 1.807) is 6.07 Å². The molecule has 3 heteroatoms. The van der Waals surface area contributed by atoms with E-state index in [1.165, 1.54) is 0 Å². The Labute approximate surface area is 101 Å². The van der Waals surface area contributed by atoms with Crippen molar-refractivity contribution >= 4 is 5.88 Å². The lowest BCUT2D eigenvalue weighted by atomic mass is 9.98. The van der Waals surface area contributed by atoms with Crippen LogP contribution in [0.5, 0.6) is 0 Å². The number of nitrogens with two attached hydrogens (primary N) is 1. The van der Waals surface area contributed by atoms with Crippen LogP contribution in [0.4, 0.5) is 5.88 Å². The van der Waals surface area contributed by atoms with Gasteiger partial charge in [0.05, 0.1) is 5.56 Å². The molecule has 0 fully saturated rings. The monoisotopic (exact) mass is 231 g/mol. The summed E-state index contributed by atoms with van der Waals surface area (Å²) in [5.74, 6) is 1.28. The number of benzene rings is 1. The van der Waals surface area contributed by atoms with Gasteiger partial charge in [-0.25, -0.2) is 0 Å². The van der Waals surface area contributed by atoms with Gasteiger partial charge in [0.15, 0.2) is 11.3 Å². The molecule has 0 amide bonds. The third-order valence-corrected chi connectivity index (χ3v) is 3.03. The van der Waals surface area contributed by atoms with Crippen LogP contribution in [0.1, 0.15) is 37.8 Å². The second kappa shape index (κ2) is 4.24. The summed E-state index contributed by atoms with van der Waals surface area (Å²) in [6.07, 6.45) is 0.761. The van der Waals surface area contributed by atoms with Gasteiger partial charge in [-0.1, -0.05) is 20.8 Å². The predicted octanol–water partition coefficient (Wildman–Crippen LogP) is 3.01. The van der Waals surface area contributed by atoms with Crippen molar-refractivity contribution in [1.29, 1.82) is 0 Å². The van der Waals surface area contributed by atoms with E-state index < -0.39 is 0 Å². The van der Waals surface area contributed by atoms with Crippen molar-refractivity contribution in [2.24, 2.45) is 0 Å². The molecule has 2 rings (SSSR count). The van der Waals surface area contributed by atoms with Gasteiger partial charge in [0.25, 0.3) is 0 Å². The number of rotatable bonds is 2. The fourth-order valence-electron chi connectivity index (χ4n) is 1.89. The number of aryl methyl sites for hydroxylation is 1. The fourth-order valence-corrected chi connectivity index (χ4v) is 1.89. The highest BCUT2D eigenvalue weighted by atomic mass is 16.3. The highest BCUT2D eigenvalue weighted by Crippen LogP contribution is 2.28. The van der Waals surface area contributed by atoms with Crippen LogP contribution >= 0.6 is 0 Å². The minimum atomic E-state index is 0.00431.